The van der Waals surface area contributed by atoms with Crippen molar-refractivity contribution in [1.29, 1.82) is 0 Å². The van der Waals surface area contributed by atoms with E-state index in [4.69, 9.17) is 4.74 Å². The molecular weight excluding hydrogens is 269 g/mol. The van der Waals surface area contributed by atoms with Crippen molar-refractivity contribution in [2.75, 3.05) is 12.0 Å². The molecule has 1 aromatic rings. The van der Waals surface area contributed by atoms with Crippen LogP contribution in [0.25, 0.3) is 5.57 Å². The van der Waals surface area contributed by atoms with E-state index in [1.807, 2.05) is 32.6 Å². The van der Waals surface area contributed by atoms with Gasteiger partial charge in [0.15, 0.2) is 0 Å². The lowest BCUT2D eigenvalue weighted by Gasteiger charge is -2.46. The van der Waals surface area contributed by atoms with Crippen LogP contribution in [0.2, 0.25) is 0 Å². The smallest absolute Gasteiger partial charge is 0.328 e. The van der Waals surface area contributed by atoms with E-state index >= 15 is 0 Å². The maximum absolute atomic E-state index is 13.6. The summed E-state index contributed by atoms with van der Waals surface area (Å²) in [5.41, 5.74) is 2.38. The standard InChI is InChI=1S/C17H22FNO2/c1-6-14(16(20)21-5)19-15-8-7-12(18)9-13(15)11(2)10-17(19,3)4/h7-10,14H,6H2,1-5H3. The van der Waals surface area contributed by atoms with Gasteiger partial charge in [0.1, 0.15) is 11.9 Å². The number of allylic oxidation sites excluding steroid dienone is 1. The van der Waals surface area contributed by atoms with Crippen molar-refractivity contribution in [2.24, 2.45) is 0 Å². The largest absolute Gasteiger partial charge is 0.467 e. The number of carbonyl (C=O) groups excluding carboxylic acids is 1. The van der Waals surface area contributed by atoms with Gasteiger partial charge in [-0.2, -0.15) is 0 Å². The molecule has 1 unspecified atom stereocenters. The Morgan fingerprint density at radius 1 is 1.43 bits per heavy atom. The van der Waals surface area contributed by atoms with Crippen LogP contribution < -0.4 is 4.90 Å². The molecule has 0 N–H and O–H groups in total. The van der Waals surface area contributed by atoms with Crippen LogP contribution in [-0.2, 0) is 9.53 Å². The third kappa shape index (κ3) is 2.67. The number of anilines is 1. The SMILES string of the molecule is CCC(C(=O)OC)N1c2ccc(F)cc2C(C)=CC1(C)C. The highest BCUT2D eigenvalue weighted by atomic mass is 19.1. The highest BCUT2D eigenvalue weighted by Crippen LogP contribution is 2.41. The van der Waals surface area contributed by atoms with Gasteiger partial charge in [0.2, 0.25) is 0 Å². The predicted octanol–water partition coefficient (Wildman–Crippen LogP) is 3.78. The monoisotopic (exact) mass is 291 g/mol. The predicted molar refractivity (Wildman–Crippen MR) is 82.7 cm³/mol. The molecule has 1 heterocycles. The van der Waals surface area contributed by atoms with Gasteiger partial charge in [-0.05, 0) is 51.0 Å². The van der Waals surface area contributed by atoms with Crippen LogP contribution in [0.4, 0.5) is 10.1 Å². The summed E-state index contributed by atoms with van der Waals surface area (Å²) < 4.78 is 18.5. The first kappa shape index (κ1) is 15.5. The molecule has 0 saturated carbocycles. The van der Waals surface area contributed by atoms with Crippen molar-refractivity contribution in [3.8, 4) is 0 Å². The Morgan fingerprint density at radius 3 is 2.67 bits per heavy atom. The van der Waals surface area contributed by atoms with Crippen molar-refractivity contribution in [2.45, 2.75) is 45.7 Å². The molecule has 114 valence electrons. The second kappa shape index (κ2) is 5.51. The highest BCUT2D eigenvalue weighted by Gasteiger charge is 2.39. The maximum Gasteiger partial charge on any atom is 0.328 e. The fourth-order valence-electron chi connectivity index (χ4n) is 3.18. The lowest BCUT2D eigenvalue weighted by molar-refractivity contribution is -0.142. The average Bonchev–Trinajstić information content (AvgIpc) is 2.42. The van der Waals surface area contributed by atoms with E-state index in [-0.39, 0.29) is 17.3 Å². The van der Waals surface area contributed by atoms with E-state index in [0.29, 0.717) is 6.42 Å². The number of methoxy groups -OCH3 is 1. The van der Waals surface area contributed by atoms with E-state index < -0.39 is 6.04 Å². The molecular formula is C17H22FNO2. The Bertz CT molecular complexity index is 592. The third-order valence-electron chi connectivity index (χ3n) is 4.01. The van der Waals surface area contributed by atoms with Gasteiger partial charge in [0.05, 0.1) is 12.6 Å². The Hall–Kier alpha value is -1.84. The van der Waals surface area contributed by atoms with Gasteiger partial charge in [-0.15, -0.1) is 0 Å². The molecule has 1 aliphatic rings. The molecule has 0 radical (unpaired) electrons. The lowest BCUT2D eigenvalue weighted by atomic mass is 9.87. The minimum Gasteiger partial charge on any atom is -0.467 e. The van der Waals surface area contributed by atoms with Crippen LogP contribution in [0, 0.1) is 5.82 Å². The number of fused-ring (bicyclic) bond motifs is 1. The molecule has 0 spiro atoms. The molecule has 1 atom stereocenters. The van der Waals surface area contributed by atoms with E-state index in [1.165, 1.54) is 19.2 Å². The molecule has 0 amide bonds. The van der Waals surface area contributed by atoms with Gasteiger partial charge >= 0.3 is 5.97 Å². The molecule has 0 bridgehead atoms. The minimum absolute atomic E-state index is 0.270. The van der Waals surface area contributed by atoms with Gasteiger partial charge in [-0.25, -0.2) is 9.18 Å². The first-order valence-corrected chi connectivity index (χ1v) is 7.18. The molecule has 1 aromatic carbocycles. The van der Waals surface area contributed by atoms with E-state index in [2.05, 4.69) is 6.08 Å². The van der Waals surface area contributed by atoms with Crippen LogP contribution in [0.15, 0.2) is 24.3 Å². The Morgan fingerprint density at radius 2 is 2.10 bits per heavy atom. The summed E-state index contributed by atoms with van der Waals surface area (Å²) in [5.74, 6) is -0.541. The zero-order chi connectivity index (χ0) is 15.8. The Balaban J connectivity index is 2.62. The number of esters is 1. The topological polar surface area (TPSA) is 29.5 Å². The summed E-state index contributed by atoms with van der Waals surface area (Å²) in [7, 11) is 1.40. The number of hydrogen-bond acceptors (Lipinski definition) is 3. The number of benzene rings is 1. The fourth-order valence-corrected chi connectivity index (χ4v) is 3.18. The summed E-state index contributed by atoms with van der Waals surface area (Å²) >= 11 is 0. The van der Waals surface area contributed by atoms with Crippen molar-refractivity contribution < 1.29 is 13.9 Å². The van der Waals surface area contributed by atoms with Gasteiger partial charge in [0, 0.05) is 11.3 Å². The Kier molecular flexibility index (Phi) is 4.08. The molecule has 21 heavy (non-hydrogen) atoms. The van der Waals surface area contributed by atoms with E-state index in [0.717, 1.165) is 16.8 Å². The van der Waals surface area contributed by atoms with Crippen LogP contribution in [-0.4, -0.2) is 24.7 Å². The zero-order valence-corrected chi connectivity index (χ0v) is 13.2. The summed E-state index contributed by atoms with van der Waals surface area (Å²) in [6.07, 6.45) is 2.69. The Labute approximate surface area is 125 Å². The summed E-state index contributed by atoms with van der Waals surface area (Å²) in [5, 5.41) is 0. The van der Waals surface area contributed by atoms with Gasteiger partial charge in [-0.3, -0.25) is 0 Å². The van der Waals surface area contributed by atoms with Gasteiger partial charge in [-0.1, -0.05) is 13.0 Å². The van der Waals surface area contributed by atoms with E-state index in [9.17, 15) is 9.18 Å². The maximum atomic E-state index is 13.6. The molecule has 2 rings (SSSR count). The molecule has 3 nitrogen and oxygen atoms in total. The highest BCUT2D eigenvalue weighted by molar-refractivity contribution is 5.87. The second-order valence-corrected chi connectivity index (χ2v) is 5.96. The first-order valence-electron chi connectivity index (χ1n) is 7.18. The number of rotatable bonds is 3. The zero-order valence-electron chi connectivity index (χ0n) is 13.2. The first-order chi connectivity index (χ1) is 9.81. The minimum atomic E-state index is -0.390. The average molecular weight is 291 g/mol. The molecule has 0 fully saturated rings. The van der Waals surface area contributed by atoms with Crippen LogP contribution in [0.3, 0.4) is 0 Å². The number of carbonyl (C=O) groups is 1. The summed E-state index contributed by atoms with van der Waals surface area (Å²) in [6, 6.07) is 4.31. The van der Waals surface area contributed by atoms with Gasteiger partial charge < -0.3 is 9.64 Å². The molecule has 1 aliphatic heterocycles. The number of hydrogen-bond donors (Lipinski definition) is 0. The van der Waals surface area contributed by atoms with Crippen molar-refractivity contribution >= 4 is 17.2 Å². The fraction of sp³-hybridized carbons (Fsp3) is 0.471. The van der Waals surface area contributed by atoms with Crippen LogP contribution in [0.5, 0.6) is 0 Å². The third-order valence-corrected chi connectivity index (χ3v) is 4.01. The summed E-state index contributed by atoms with van der Waals surface area (Å²) in [6.45, 7) is 8.02. The van der Waals surface area contributed by atoms with Crippen LogP contribution >= 0.6 is 0 Å². The quantitative estimate of drug-likeness (QED) is 0.794. The molecule has 0 saturated heterocycles. The molecule has 0 aromatic heterocycles. The van der Waals surface area contributed by atoms with Crippen molar-refractivity contribution in [3.63, 3.8) is 0 Å². The van der Waals surface area contributed by atoms with Crippen LogP contribution in [0.1, 0.15) is 39.7 Å². The lowest BCUT2D eigenvalue weighted by Crippen LogP contribution is -2.54. The van der Waals surface area contributed by atoms with Crippen molar-refractivity contribution in [3.05, 3.63) is 35.7 Å². The van der Waals surface area contributed by atoms with E-state index in [1.54, 1.807) is 6.07 Å². The van der Waals surface area contributed by atoms with Gasteiger partial charge in [0.25, 0.3) is 0 Å². The normalized spacial score (nSPS) is 17.8. The van der Waals surface area contributed by atoms with Crippen molar-refractivity contribution in [1.82, 2.24) is 0 Å². The molecule has 4 heteroatoms. The number of nitrogens with zero attached hydrogens (tertiary/aromatic N) is 1. The number of halogens is 1. The molecule has 0 aliphatic carbocycles. The number of ether oxygens (including phenoxy) is 1. The summed E-state index contributed by atoms with van der Waals surface area (Å²) in [4.78, 5) is 14.2. The second-order valence-electron chi connectivity index (χ2n) is 5.96.